The molecule has 0 atom stereocenters. The average Bonchev–Trinajstić information content (AvgIpc) is 2.24. The van der Waals surface area contributed by atoms with Gasteiger partial charge in [0.15, 0.2) is 0 Å². The fraction of sp³-hybridized carbons (Fsp3) is 0.800. The Morgan fingerprint density at radius 1 is 1.29 bits per heavy atom. The first-order valence-electron chi connectivity index (χ1n) is 5.46. The first-order chi connectivity index (χ1) is 7.87. The molecule has 1 N–H and O–H groups in total. The summed E-state index contributed by atoms with van der Waals surface area (Å²) in [5.41, 5.74) is 0. The summed E-state index contributed by atoms with van der Waals surface area (Å²) in [6.45, 7) is 1.98. The molecule has 17 heavy (non-hydrogen) atoms. The van der Waals surface area contributed by atoms with Crippen LogP contribution in [0.25, 0.3) is 0 Å². The maximum absolute atomic E-state index is 11.8. The lowest BCUT2D eigenvalue weighted by molar-refractivity contribution is 0.543. The predicted octanol–water partition coefficient (Wildman–Crippen LogP) is -0.104. The lowest BCUT2D eigenvalue weighted by Crippen LogP contribution is -2.40. The summed E-state index contributed by atoms with van der Waals surface area (Å²) < 4.78 is 48.5. The number of rotatable bonds is 4. The van der Waals surface area contributed by atoms with E-state index in [1.807, 2.05) is 0 Å². The van der Waals surface area contributed by atoms with E-state index in [0.717, 1.165) is 0 Å². The second-order valence-corrected chi connectivity index (χ2v) is 8.32. The maximum atomic E-state index is 11.8. The van der Waals surface area contributed by atoms with Gasteiger partial charge in [-0.2, -0.15) is 0 Å². The van der Waals surface area contributed by atoms with Gasteiger partial charge in [-0.15, -0.1) is 11.8 Å². The Hall–Kier alpha value is -0.580. The Morgan fingerprint density at radius 3 is 2.41 bits per heavy atom. The van der Waals surface area contributed by atoms with Crippen molar-refractivity contribution in [3.05, 3.63) is 0 Å². The normalized spacial score (nSPS) is 20.5. The number of sulfone groups is 1. The molecule has 7 heteroatoms. The van der Waals surface area contributed by atoms with E-state index < -0.39 is 25.1 Å². The Bertz CT molecular complexity index is 496. The number of hydrogen-bond acceptors (Lipinski definition) is 4. The van der Waals surface area contributed by atoms with Crippen LogP contribution in [0.3, 0.4) is 0 Å². The molecule has 0 spiro atoms. The van der Waals surface area contributed by atoms with Crippen molar-refractivity contribution in [3.8, 4) is 11.8 Å². The number of nitrogens with one attached hydrogen (secondary N) is 1. The topological polar surface area (TPSA) is 80.3 Å². The van der Waals surface area contributed by atoms with Crippen LogP contribution in [0.5, 0.6) is 0 Å². The van der Waals surface area contributed by atoms with Gasteiger partial charge in [0.2, 0.25) is 10.0 Å². The zero-order valence-electron chi connectivity index (χ0n) is 9.77. The molecule has 0 aromatic rings. The minimum atomic E-state index is -3.40. The molecule has 0 amide bonds. The van der Waals surface area contributed by atoms with Gasteiger partial charge in [-0.05, 0) is 19.8 Å². The highest BCUT2D eigenvalue weighted by atomic mass is 32.2. The summed E-state index contributed by atoms with van der Waals surface area (Å²) in [7, 11) is -6.42. The molecule has 1 fully saturated rings. The molecule has 98 valence electrons. The fourth-order valence-corrected chi connectivity index (χ4v) is 4.95. The van der Waals surface area contributed by atoms with E-state index in [1.54, 1.807) is 6.92 Å². The van der Waals surface area contributed by atoms with E-state index in [9.17, 15) is 16.8 Å². The predicted molar refractivity (Wildman–Crippen MR) is 66.7 cm³/mol. The number of hydrogen-bond donors (Lipinski definition) is 1. The van der Waals surface area contributed by atoms with Gasteiger partial charge in [-0.1, -0.05) is 0 Å². The number of sulfonamides is 1. The van der Waals surface area contributed by atoms with Crippen molar-refractivity contribution in [1.82, 2.24) is 4.72 Å². The molecular formula is C10H17NO4S2. The standard InChI is InChI=1S/C10H17NO4S2/c1-2-3-4-7-11-17(14,15)10-5-8-16(12,13)9-6-10/h10-11H,4-9H2,1H3. The van der Waals surface area contributed by atoms with Gasteiger partial charge in [-0.25, -0.2) is 21.6 Å². The highest BCUT2D eigenvalue weighted by molar-refractivity contribution is 7.92. The second-order valence-electron chi connectivity index (χ2n) is 3.97. The van der Waals surface area contributed by atoms with Gasteiger partial charge in [0.25, 0.3) is 0 Å². The summed E-state index contributed by atoms with van der Waals surface area (Å²) in [6, 6.07) is 0. The summed E-state index contributed by atoms with van der Waals surface area (Å²) in [5, 5.41) is -0.583. The smallest absolute Gasteiger partial charge is 0.214 e. The van der Waals surface area contributed by atoms with Crippen LogP contribution in [0.2, 0.25) is 0 Å². The van der Waals surface area contributed by atoms with Gasteiger partial charge < -0.3 is 0 Å². The highest BCUT2D eigenvalue weighted by Gasteiger charge is 2.32. The third-order valence-corrected chi connectivity index (χ3v) is 6.34. The van der Waals surface area contributed by atoms with Crippen LogP contribution in [0, 0.1) is 11.8 Å². The zero-order valence-corrected chi connectivity index (χ0v) is 11.4. The fourth-order valence-electron chi connectivity index (χ4n) is 1.68. The SMILES string of the molecule is CC#CCCNS(=O)(=O)C1CCS(=O)(=O)CC1. The van der Waals surface area contributed by atoms with E-state index in [2.05, 4.69) is 16.6 Å². The van der Waals surface area contributed by atoms with E-state index in [-0.39, 0.29) is 30.9 Å². The van der Waals surface area contributed by atoms with Gasteiger partial charge in [-0.3, -0.25) is 0 Å². The largest absolute Gasteiger partial charge is 0.229 e. The van der Waals surface area contributed by atoms with Crippen LogP contribution in [-0.2, 0) is 19.9 Å². The second kappa shape index (κ2) is 5.85. The van der Waals surface area contributed by atoms with Crippen LogP contribution in [-0.4, -0.2) is 40.1 Å². The van der Waals surface area contributed by atoms with Crippen LogP contribution in [0.15, 0.2) is 0 Å². The van der Waals surface area contributed by atoms with Crippen LogP contribution in [0.4, 0.5) is 0 Å². The Kier molecular flexibility index (Phi) is 4.98. The molecule has 0 aromatic heterocycles. The van der Waals surface area contributed by atoms with Crippen molar-refractivity contribution in [2.24, 2.45) is 0 Å². The van der Waals surface area contributed by atoms with E-state index in [0.29, 0.717) is 6.42 Å². The molecule has 1 rings (SSSR count). The first kappa shape index (κ1) is 14.5. The summed E-state index contributed by atoms with van der Waals surface area (Å²) in [5.74, 6) is 5.38. The summed E-state index contributed by atoms with van der Waals surface area (Å²) in [6.07, 6.45) is 0.856. The minimum Gasteiger partial charge on any atom is -0.229 e. The molecule has 1 aliphatic rings. The first-order valence-corrected chi connectivity index (χ1v) is 8.83. The molecule has 1 aliphatic heterocycles. The van der Waals surface area contributed by atoms with Crippen LogP contribution < -0.4 is 4.72 Å². The third kappa shape index (κ3) is 4.66. The minimum absolute atomic E-state index is 0.0344. The van der Waals surface area contributed by atoms with Gasteiger partial charge in [0.1, 0.15) is 9.84 Å². The molecule has 0 unspecified atom stereocenters. The Morgan fingerprint density at radius 2 is 1.88 bits per heavy atom. The van der Waals surface area contributed by atoms with E-state index in [4.69, 9.17) is 0 Å². The Balaban J connectivity index is 2.51. The molecule has 1 saturated heterocycles. The molecule has 0 aliphatic carbocycles. The molecule has 0 aromatic carbocycles. The molecule has 5 nitrogen and oxygen atoms in total. The molecule has 0 bridgehead atoms. The lowest BCUT2D eigenvalue weighted by atomic mass is 10.2. The molecule has 0 radical (unpaired) electrons. The van der Waals surface area contributed by atoms with Crippen molar-refractivity contribution >= 4 is 19.9 Å². The molecule has 0 saturated carbocycles. The highest BCUT2D eigenvalue weighted by Crippen LogP contribution is 2.18. The van der Waals surface area contributed by atoms with Gasteiger partial charge >= 0.3 is 0 Å². The lowest BCUT2D eigenvalue weighted by Gasteiger charge is -2.22. The van der Waals surface area contributed by atoms with Gasteiger partial charge in [0, 0.05) is 13.0 Å². The summed E-state index contributed by atoms with van der Waals surface area (Å²) >= 11 is 0. The third-order valence-electron chi connectivity index (χ3n) is 2.67. The van der Waals surface area contributed by atoms with Crippen molar-refractivity contribution in [3.63, 3.8) is 0 Å². The van der Waals surface area contributed by atoms with Crippen LogP contribution >= 0.6 is 0 Å². The van der Waals surface area contributed by atoms with Crippen molar-refractivity contribution in [2.75, 3.05) is 18.1 Å². The van der Waals surface area contributed by atoms with Crippen molar-refractivity contribution < 1.29 is 16.8 Å². The van der Waals surface area contributed by atoms with Crippen molar-refractivity contribution in [2.45, 2.75) is 31.4 Å². The monoisotopic (exact) mass is 279 g/mol. The van der Waals surface area contributed by atoms with E-state index in [1.165, 1.54) is 0 Å². The van der Waals surface area contributed by atoms with E-state index >= 15 is 0 Å². The molecule has 1 heterocycles. The van der Waals surface area contributed by atoms with Gasteiger partial charge in [0.05, 0.1) is 16.8 Å². The Labute approximate surface area is 103 Å². The van der Waals surface area contributed by atoms with Crippen molar-refractivity contribution in [1.29, 1.82) is 0 Å². The average molecular weight is 279 g/mol. The summed E-state index contributed by atoms with van der Waals surface area (Å²) in [4.78, 5) is 0. The quantitative estimate of drug-likeness (QED) is 0.575. The maximum Gasteiger partial charge on any atom is 0.214 e. The van der Waals surface area contributed by atoms with Crippen LogP contribution in [0.1, 0.15) is 26.2 Å². The molecular weight excluding hydrogens is 262 g/mol. The zero-order chi connectivity index (χ0) is 12.9.